The van der Waals surface area contributed by atoms with Crippen LogP contribution in [0.25, 0.3) is 0 Å². The average molecular weight is 270 g/mol. The molecule has 0 aromatic heterocycles. The number of hydrogen-bond acceptors (Lipinski definition) is 6. The molecule has 0 unspecified atom stereocenters. The van der Waals surface area contributed by atoms with Crippen molar-refractivity contribution in [3.05, 3.63) is 35.9 Å². The van der Waals surface area contributed by atoms with Gasteiger partial charge < -0.3 is 29.9 Å². The number of ether oxygens (including phenoxy) is 2. The first kappa shape index (κ1) is 14.4. The van der Waals surface area contributed by atoms with Crippen molar-refractivity contribution in [2.45, 2.75) is 30.7 Å². The highest BCUT2D eigenvalue weighted by Gasteiger charge is 2.42. The lowest BCUT2D eigenvalue weighted by molar-refractivity contribution is -0.310. The van der Waals surface area contributed by atoms with Crippen molar-refractivity contribution in [2.75, 3.05) is 13.2 Å². The van der Waals surface area contributed by atoms with E-state index in [4.69, 9.17) is 14.6 Å². The van der Waals surface area contributed by atoms with Gasteiger partial charge in [-0.15, -0.1) is 0 Å². The normalized spacial score (nSPS) is 33.1. The first-order valence-electron chi connectivity index (χ1n) is 6.11. The molecular weight excluding hydrogens is 252 g/mol. The minimum atomic E-state index is -1.24. The van der Waals surface area contributed by atoms with Gasteiger partial charge in [-0.3, -0.25) is 0 Å². The molecule has 0 aliphatic carbocycles. The molecule has 6 nitrogen and oxygen atoms in total. The lowest BCUT2D eigenvalue weighted by Gasteiger charge is -2.40. The Bertz CT molecular complexity index is 384. The summed E-state index contributed by atoms with van der Waals surface area (Å²) in [6.45, 7) is -0.941. The Kier molecular flexibility index (Phi) is 4.87. The van der Waals surface area contributed by atoms with Gasteiger partial charge in [0.1, 0.15) is 24.4 Å². The van der Waals surface area contributed by atoms with Crippen molar-refractivity contribution in [2.24, 2.45) is 0 Å². The van der Waals surface area contributed by atoms with Gasteiger partial charge in [-0.2, -0.15) is 0 Å². The monoisotopic (exact) mass is 270 g/mol. The maximum atomic E-state index is 9.91. The topological polar surface area (TPSA) is 99.4 Å². The molecule has 0 radical (unpaired) electrons. The molecule has 4 N–H and O–H groups in total. The summed E-state index contributed by atoms with van der Waals surface area (Å²) in [5.41, 5.74) is 0.711. The van der Waals surface area contributed by atoms with Crippen LogP contribution < -0.4 is 0 Å². The van der Waals surface area contributed by atoms with Crippen LogP contribution >= 0.6 is 0 Å². The van der Waals surface area contributed by atoms with Crippen LogP contribution in [-0.2, 0) is 9.47 Å². The molecule has 2 rings (SSSR count). The SMILES string of the molecule is OC[C@@H](O)[C@@H]1O[C@@H](c2ccccc2)O[C@H](CO)[C@@H]1O. The van der Waals surface area contributed by atoms with E-state index < -0.39 is 43.9 Å². The van der Waals surface area contributed by atoms with Crippen molar-refractivity contribution in [1.29, 1.82) is 0 Å². The Morgan fingerprint density at radius 1 is 1.11 bits per heavy atom. The maximum Gasteiger partial charge on any atom is 0.184 e. The summed E-state index contributed by atoms with van der Waals surface area (Å²) in [7, 11) is 0. The van der Waals surface area contributed by atoms with Gasteiger partial charge in [-0.25, -0.2) is 0 Å². The molecule has 6 heteroatoms. The molecule has 19 heavy (non-hydrogen) atoms. The molecule has 1 aromatic rings. The number of aliphatic hydroxyl groups excluding tert-OH is 4. The first-order chi connectivity index (χ1) is 9.17. The summed E-state index contributed by atoms with van der Waals surface area (Å²) < 4.78 is 10.9. The fraction of sp³-hybridized carbons (Fsp3) is 0.538. The molecule has 0 bridgehead atoms. The van der Waals surface area contributed by atoms with Crippen molar-refractivity contribution in [3.63, 3.8) is 0 Å². The summed E-state index contributed by atoms with van der Waals surface area (Å²) >= 11 is 0. The zero-order valence-electron chi connectivity index (χ0n) is 10.3. The molecule has 0 spiro atoms. The highest BCUT2D eigenvalue weighted by molar-refractivity contribution is 5.16. The Hall–Kier alpha value is -1.02. The van der Waals surface area contributed by atoms with Gasteiger partial charge in [0, 0.05) is 5.56 Å². The van der Waals surface area contributed by atoms with Crippen molar-refractivity contribution >= 4 is 0 Å². The van der Waals surface area contributed by atoms with E-state index in [1.54, 1.807) is 24.3 Å². The van der Waals surface area contributed by atoms with Gasteiger partial charge in [0.15, 0.2) is 6.29 Å². The second-order valence-electron chi connectivity index (χ2n) is 4.44. The van der Waals surface area contributed by atoms with E-state index in [0.29, 0.717) is 5.56 Å². The third kappa shape index (κ3) is 3.11. The van der Waals surface area contributed by atoms with Gasteiger partial charge in [0.2, 0.25) is 0 Å². The van der Waals surface area contributed by atoms with Gasteiger partial charge >= 0.3 is 0 Å². The van der Waals surface area contributed by atoms with Crippen LogP contribution in [0.15, 0.2) is 30.3 Å². The Morgan fingerprint density at radius 3 is 2.37 bits per heavy atom. The fourth-order valence-corrected chi connectivity index (χ4v) is 2.05. The van der Waals surface area contributed by atoms with E-state index in [9.17, 15) is 15.3 Å². The molecule has 1 fully saturated rings. The summed E-state index contributed by atoms with van der Waals surface area (Å²) in [5.74, 6) is 0. The molecule has 1 aliphatic heterocycles. The van der Waals surface area contributed by atoms with Crippen LogP contribution in [-0.4, -0.2) is 58.1 Å². The summed E-state index contributed by atoms with van der Waals surface area (Å²) in [6, 6.07) is 9.00. The van der Waals surface area contributed by atoms with Gasteiger partial charge in [0.25, 0.3) is 0 Å². The van der Waals surface area contributed by atoms with E-state index >= 15 is 0 Å². The first-order valence-corrected chi connectivity index (χ1v) is 6.11. The van der Waals surface area contributed by atoms with E-state index in [-0.39, 0.29) is 0 Å². The lowest BCUT2D eigenvalue weighted by atomic mass is 10.0. The largest absolute Gasteiger partial charge is 0.394 e. The summed E-state index contributed by atoms with van der Waals surface area (Å²) in [4.78, 5) is 0. The minimum Gasteiger partial charge on any atom is -0.394 e. The van der Waals surface area contributed by atoms with Gasteiger partial charge in [0.05, 0.1) is 13.2 Å². The predicted octanol–water partition coefficient (Wildman–Crippen LogP) is -0.824. The number of rotatable bonds is 4. The molecule has 106 valence electrons. The zero-order chi connectivity index (χ0) is 13.8. The molecule has 0 amide bonds. The highest BCUT2D eigenvalue weighted by Crippen LogP contribution is 2.31. The van der Waals surface area contributed by atoms with E-state index in [2.05, 4.69) is 0 Å². The molecule has 1 aliphatic rings. The molecule has 1 heterocycles. The molecule has 0 saturated carbocycles. The molecular formula is C13H18O6. The van der Waals surface area contributed by atoms with E-state index in [1.807, 2.05) is 6.07 Å². The quantitative estimate of drug-likeness (QED) is 0.570. The number of hydrogen-bond donors (Lipinski definition) is 4. The lowest BCUT2D eigenvalue weighted by Crippen LogP contribution is -2.54. The smallest absolute Gasteiger partial charge is 0.184 e. The fourth-order valence-electron chi connectivity index (χ4n) is 2.05. The van der Waals surface area contributed by atoms with Crippen LogP contribution in [0, 0.1) is 0 Å². The van der Waals surface area contributed by atoms with Gasteiger partial charge in [-0.05, 0) is 0 Å². The van der Waals surface area contributed by atoms with Crippen LogP contribution in [0.1, 0.15) is 11.9 Å². The predicted molar refractivity (Wildman–Crippen MR) is 65.1 cm³/mol. The maximum absolute atomic E-state index is 9.91. The van der Waals surface area contributed by atoms with Gasteiger partial charge in [-0.1, -0.05) is 30.3 Å². The third-order valence-electron chi connectivity index (χ3n) is 3.11. The molecule has 5 atom stereocenters. The summed E-state index contributed by atoms with van der Waals surface area (Å²) in [5, 5.41) is 37.8. The van der Waals surface area contributed by atoms with Crippen molar-refractivity contribution < 1.29 is 29.9 Å². The van der Waals surface area contributed by atoms with E-state index in [1.165, 1.54) is 0 Å². The highest BCUT2D eigenvalue weighted by atomic mass is 16.7. The van der Waals surface area contributed by atoms with Crippen LogP contribution in [0.4, 0.5) is 0 Å². The second kappa shape index (κ2) is 6.42. The van der Waals surface area contributed by atoms with Crippen molar-refractivity contribution in [3.8, 4) is 0 Å². The average Bonchev–Trinajstić information content (AvgIpc) is 2.47. The standard InChI is InChI=1S/C13H18O6/c14-6-9(16)12-11(17)10(7-15)18-13(19-12)8-4-2-1-3-5-8/h1-5,9-17H,6-7H2/t9-,10-,11+,12+,13+/m1/s1. The van der Waals surface area contributed by atoms with E-state index in [0.717, 1.165) is 0 Å². The third-order valence-corrected chi connectivity index (χ3v) is 3.11. The van der Waals surface area contributed by atoms with Crippen LogP contribution in [0.3, 0.4) is 0 Å². The number of aliphatic hydroxyl groups is 4. The minimum absolute atomic E-state index is 0.400. The summed E-state index contributed by atoms with van der Waals surface area (Å²) in [6.07, 6.45) is -5.12. The van der Waals surface area contributed by atoms with Crippen LogP contribution in [0.5, 0.6) is 0 Å². The Labute approximate surface area is 110 Å². The zero-order valence-corrected chi connectivity index (χ0v) is 10.3. The Morgan fingerprint density at radius 2 is 1.79 bits per heavy atom. The molecule has 1 saturated heterocycles. The molecule has 1 aromatic carbocycles. The Balaban J connectivity index is 2.18. The van der Waals surface area contributed by atoms with Crippen LogP contribution in [0.2, 0.25) is 0 Å². The van der Waals surface area contributed by atoms with Crippen molar-refractivity contribution in [1.82, 2.24) is 0 Å². The number of benzene rings is 1. The second-order valence-corrected chi connectivity index (χ2v) is 4.44.